The molecule has 1 heterocycles. The number of nitrogens with zero attached hydrogens (tertiary/aromatic N) is 2. The highest BCUT2D eigenvalue weighted by Crippen LogP contribution is 2.21. The summed E-state index contributed by atoms with van der Waals surface area (Å²) in [6, 6.07) is 15.5. The second-order valence-electron chi connectivity index (χ2n) is 5.95. The molecule has 1 amide bonds. The number of piperazine rings is 1. The van der Waals surface area contributed by atoms with Crippen LogP contribution in [0.1, 0.15) is 5.56 Å². The fourth-order valence-electron chi connectivity index (χ4n) is 2.76. The summed E-state index contributed by atoms with van der Waals surface area (Å²) in [5, 5.41) is 0.734. The van der Waals surface area contributed by atoms with Crippen molar-refractivity contribution in [3.8, 4) is 5.75 Å². The van der Waals surface area contributed by atoms with Crippen LogP contribution >= 0.6 is 11.6 Å². The van der Waals surface area contributed by atoms with Crippen molar-refractivity contribution in [2.24, 2.45) is 0 Å². The lowest BCUT2D eigenvalue weighted by Crippen LogP contribution is -2.50. The Kier molecular flexibility index (Phi) is 5.26. The molecule has 0 unspecified atom stereocenters. The van der Waals surface area contributed by atoms with E-state index in [0.29, 0.717) is 13.1 Å². The third-order valence-corrected chi connectivity index (χ3v) is 4.42. The number of carbonyl (C=O) groups excluding carboxylic acids is 1. The lowest BCUT2D eigenvalue weighted by Gasteiger charge is -2.36. The van der Waals surface area contributed by atoms with E-state index in [1.165, 1.54) is 5.56 Å². The SMILES string of the molecule is Cc1ccc(OCC(=O)N2CCN(c3cccc(Cl)c3)CC2)cc1. The van der Waals surface area contributed by atoms with E-state index in [0.717, 1.165) is 29.5 Å². The van der Waals surface area contributed by atoms with Crippen LogP contribution in [-0.2, 0) is 4.79 Å². The van der Waals surface area contributed by atoms with E-state index < -0.39 is 0 Å². The van der Waals surface area contributed by atoms with Gasteiger partial charge in [0.15, 0.2) is 6.61 Å². The van der Waals surface area contributed by atoms with Crippen LogP contribution in [0.4, 0.5) is 5.69 Å². The maximum atomic E-state index is 12.3. The summed E-state index contributed by atoms with van der Waals surface area (Å²) in [7, 11) is 0. The fourth-order valence-corrected chi connectivity index (χ4v) is 2.94. The van der Waals surface area contributed by atoms with E-state index in [9.17, 15) is 4.79 Å². The van der Waals surface area contributed by atoms with Gasteiger partial charge in [-0.25, -0.2) is 0 Å². The van der Waals surface area contributed by atoms with E-state index in [1.807, 2.05) is 60.4 Å². The first-order valence-electron chi connectivity index (χ1n) is 8.09. The maximum Gasteiger partial charge on any atom is 0.260 e. The van der Waals surface area contributed by atoms with E-state index >= 15 is 0 Å². The number of halogens is 1. The Morgan fingerprint density at radius 2 is 1.79 bits per heavy atom. The van der Waals surface area contributed by atoms with E-state index in [1.54, 1.807) is 0 Å². The predicted octanol–water partition coefficient (Wildman–Crippen LogP) is 3.38. The van der Waals surface area contributed by atoms with Crippen LogP contribution in [0.15, 0.2) is 48.5 Å². The van der Waals surface area contributed by atoms with Crippen molar-refractivity contribution < 1.29 is 9.53 Å². The van der Waals surface area contributed by atoms with Gasteiger partial charge in [-0.2, -0.15) is 0 Å². The number of aryl methyl sites for hydroxylation is 1. The molecule has 3 rings (SSSR count). The number of hydrogen-bond acceptors (Lipinski definition) is 3. The monoisotopic (exact) mass is 344 g/mol. The summed E-state index contributed by atoms with van der Waals surface area (Å²) in [6.45, 7) is 5.10. The second kappa shape index (κ2) is 7.58. The lowest BCUT2D eigenvalue weighted by atomic mass is 10.2. The Morgan fingerprint density at radius 3 is 2.46 bits per heavy atom. The molecule has 0 aromatic heterocycles. The van der Waals surface area contributed by atoms with Crippen molar-refractivity contribution in [2.75, 3.05) is 37.7 Å². The van der Waals surface area contributed by atoms with Crippen molar-refractivity contribution >= 4 is 23.2 Å². The van der Waals surface area contributed by atoms with Crippen molar-refractivity contribution in [3.05, 3.63) is 59.1 Å². The van der Waals surface area contributed by atoms with E-state index in [4.69, 9.17) is 16.3 Å². The molecule has 0 spiro atoms. The summed E-state index contributed by atoms with van der Waals surface area (Å²) in [6.07, 6.45) is 0. The molecule has 2 aromatic carbocycles. The first kappa shape index (κ1) is 16.7. The molecule has 0 saturated carbocycles. The van der Waals surface area contributed by atoms with Gasteiger partial charge in [-0.05, 0) is 37.3 Å². The normalized spacial score (nSPS) is 14.6. The average Bonchev–Trinajstić information content (AvgIpc) is 2.61. The molecular weight excluding hydrogens is 324 g/mol. The summed E-state index contributed by atoms with van der Waals surface area (Å²) >= 11 is 6.04. The molecule has 1 aliphatic heterocycles. The van der Waals surface area contributed by atoms with Crippen molar-refractivity contribution in [1.82, 2.24) is 4.90 Å². The molecule has 0 atom stereocenters. The number of amides is 1. The highest BCUT2D eigenvalue weighted by atomic mass is 35.5. The largest absolute Gasteiger partial charge is 0.484 e. The number of carbonyl (C=O) groups is 1. The smallest absolute Gasteiger partial charge is 0.260 e. The summed E-state index contributed by atoms with van der Waals surface area (Å²) in [5.74, 6) is 0.757. The Bertz CT molecular complexity index is 695. The molecule has 0 radical (unpaired) electrons. The predicted molar refractivity (Wildman–Crippen MR) is 96.9 cm³/mol. The zero-order chi connectivity index (χ0) is 16.9. The molecule has 1 aliphatic rings. The van der Waals surface area contributed by atoms with Crippen molar-refractivity contribution in [3.63, 3.8) is 0 Å². The molecule has 5 heteroatoms. The standard InChI is InChI=1S/C19H21ClN2O2/c1-15-5-7-18(8-6-15)24-14-19(23)22-11-9-21(10-12-22)17-4-2-3-16(20)13-17/h2-8,13H,9-12,14H2,1H3. The second-order valence-corrected chi connectivity index (χ2v) is 6.39. The summed E-state index contributed by atoms with van der Waals surface area (Å²) < 4.78 is 5.58. The summed E-state index contributed by atoms with van der Waals surface area (Å²) in [5.41, 5.74) is 2.27. The molecule has 24 heavy (non-hydrogen) atoms. The molecule has 1 saturated heterocycles. The zero-order valence-corrected chi connectivity index (χ0v) is 14.5. The first-order valence-corrected chi connectivity index (χ1v) is 8.47. The molecule has 4 nitrogen and oxygen atoms in total. The first-order chi connectivity index (χ1) is 11.6. The number of ether oxygens (including phenoxy) is 1. The van der Waals surface area contributed by atoms with Gasteiger partial charge in [0.1, 0.15) is 5.75 Å². The Labute approximate surface area is 147 Å². The quantitative estimate of drug-likeness (QED) is 0.852. The van der Waals surface area contributed by atoms with Gasteiger partial charge in [-0.1, -0.05) is 35.4 Å². The highest BCUT2D eigenvalue weighted by Gasteiger charge is 2.21. The average molecular weight is 345 g/mol. The van der Waals surface area contributed by atoms with Gasteiger partial charge in [-0.15, -0.1) is 0 Å². The van der Waals surface area contributed by atoms with Gasteiger partial charge < -0.3 is 14.5 Å². The molecule has 126 valence electrons. The van der Waals surface area contributed by atoms with Gasteiger partial charge in [0, 0.05) is 36.9 Å². The van der Waals surface area contributed by atoms with Gasteiger partial charge in [-0.3, -0.25) is 4.79 Å². The number of rotatable bonds is 4. The van der Waals surface area contributed by atoms with Gasteiger partial charge >= 0.3 is 0 Å². The number of hydrogen-bond donors (Lipinski definition) is 0. The van der Waals surface area contributed by atoms with Crippen LogP contribution in [0.25, 0.3) is 0 Å². The summed E-state index contributed by atoms with van der Waals surface area (Å²) in [4.78, 5) is 16.4. The lowest BCUT2D eigenvalue weighted by molar-refractivity contribution is -0.133. The molecule has 1 fully saturated rings. The van der Waals surface area contributed by atoms with Crippen LogP contribution in [0.3, 0.4) is 0 Å². The number of anilines is 1. The topological polar surface area (TPSA) is 32.8 Å². The Morgan fingerprint density at radius 1 is 1.08 bits per heavy atom. The van der Waals surface area contributed by atoms with E-state index in [2.05, 4.69) is 4.90 Å². The number of benzene rings is 2. The van der Waals surface area contributed by atoms with Crippen molar-refractivity contribution in [1.29, 1.82) is 0 Å². The zero-order valence-electron chi connectivity index (χ0n) is 13.7. The molecule has 0 aliphatic carbocycles. The van der Waals surface area contributed by atoms with Crippen LogP contribution in [-0.4, -0.2) is 43.6 Å². The third-order valence-electron chi connectivity index (χ3n) is 4.19. The molecular formula is C19H21ClN2O2. The van der Waals surface area contributed by atoms with Gasteiger partial charge in [0.05, 0.1) is 0 Å². The minimum absolute atomic E-state index is 0.0290. The Balaban J connectivity index is 1.49. The van der Waals surface area contributed by atoms with Crippen LogP contribution in [0, 0.1) is 6.92 Å². The van der Waals surface area contributed by atoms with Crippen LogP contribution in [0.5, 0.6) is 5.75 Å². The molecule has 0 N–H and O–H groups in total. The third kappa shape index (κ3) is 4.20. The van der Waals surface area contributed by atoms with E-state index in [-0.39, 0.29) is 12.5 Å². The highest BCUT2D eigenvalue weighted by molar-refractivity contribution is 6.30. The fraction of sp³-hybridized carbons (Fsp3) is 0.316. The molecule has 2 aromatic rings. The maximum absolute atomic E-state index is 12.3. The van der Waals surface area contributed by atoms with Crippen molar-refractivity contribution in [2.45, 2.75) is 6.92 Å². The Hall–Kier alpha value is -2.20. The van der Waals surface area contributed by atoms with Crippen LogP contribution in [0.2, 0.25) is 5.02 Å². The van der Waals surface area contributed by atoms with Gasteiger partial charge in [0.25, 0.3) is 5.91 Å². The van der Waals surface area contributed by atoms with Crippen LogP contribution < -0.4 is 9.64 Å². The minimum atomic E-state index is 0.0290. The molecule has 0 bridgehead atoms. The van der Waals surface area contributed by atoms with Gasteiger partial charge in [0.2, 0.25) is 0 Å². The minimum Gasteiger partial charge on any atom is -0.484 e.